The van der Waals surface area contributed by atoms with E-state index in [1.54, 1.807) is 48.5 Å². The average molecular weight is 512 g/mol. The van der Waals surface area contributed by atoms with Crippen LogP contribution in [-0.2, 0) is 4.79 Å². The van der Waals surface area contributed by atoms with Crippen LogP contribution in [0.3, 0.4) is 0 Å². The number of aromatic nitrogens is 1. The predicted molar refractivity (Wildman–Crippen MR) is 138 cm³/mol. The highest BCUT2D eigenvalue weighted by Crippen LogP contribution is 2.35. The van der Waals surface area contributed by atoms with Gasteiger partial charge in [0.15, 0.2) is 5.69 Å². The summed E-state index contributed by atoms with van der Waals surface area (Å²) in [4.78, 5) is 40.8. The average Bonchev–Trinajstić information content (AvgIpc) is 3.22. The maximum atomic E-state index is 14.0. The van der Waals surface area contributed by atoms with E-state index in [4.69, 9.17) is 20.9 Å². The molecule has 0 aliphatic carbocycles. The number of anilines is 2. The Labute approximate surface area is 213 Å². The molecular weight excluding hydrogens is 482 g/mol. The Morgan fingerprint density at radius 3 is 2.19 bits per heavy atom. The van der Waals surface area contributed by atoms with Gasteiger partial charge in [0, 0.05) is 17.3 Å². The van der Waals surface area contributed by atoms with Gasteiger partial charge in [-0.25, -0.2) is 0 Å². The number of carbonyl (C=O) groups is 3. The lowest BCUT2D eigenvalue weighted by Gasteiger charge is -2.33. The number of methoxy groups -OCH3 is 2. The number of nitrogens with two attached hydrogens (primary N) is 2. The van der Waals surface area contributed by atoms with E-state index in [0.717, 1.165) is 11.5 Å². The third kappa shape index (κ3) is 5.74. The first kappa shape index (κ1) is 26.5. The molecule has 36 heavy (non-hydrogen) atoms. The fourth-order valence-corrected chi connectivity index (χ4v) is 4.27. The van der Waals surface area contributed by atoms with Gasteiger partial charge in [-0.05, 0) is 62.1 Å². The number of rotatable bonds is 8. The van der Waals surface area contributed by atoms with Crippen LogP contribution in [0.5, 0.6) is 11.5 Å². The van der Waals surface area contributed by atoms with E-state index in [1.807, 2.05) is 20.8 Å². The van der Waals surface area contributed by atoms with Gasteiger partial charge in [0.05, 0.1) is 19.9 Å². The molecule has 0 bridgehead atoms. The smallest absolute Gasteiger partial charge is 0.273 e. The molecule has 11 heteroatoms. The molecule has 0 spiro atoms. The van der Waals surface area contributed by atoms with Crippen molar-refractivity contribution < 1.29 is 23.9 Å². The Morgan fingerprint density at radius 2 is 1.67 bits per heavy atom. The van der Waals surface area contributed by atoms with Crippen LogP contribution in [0.2, 0.25) is 0 Å². The zero-order chi connectivity index (χ0) is 26.6. The van der Waals surface area contributed by atoms with Gasteiger partial charge >= 0.3 is 0 Å². The molecule has 0 unspecified atom stereocenters. The molecule has 1 aromatic heterocycles. The van der Waals surface area contributed by atoms with Crippen molar-refractivity contribution in [3.05, 3.63) is 64.7 Å². The van der Waals surface area contributed by atoms with Crippen LogP contribution in [0.1, 0.15) is 52.5 Å². The molecule has 10 nitrogen and oxygen atoms in total. The molecule has 0 saturated carbocycles. The first-order valence-electron chi connectivity index (χ1n) is 11.0. The van der Waals surface area contributed by atoms with Crippen molar-refractivity contribution >= 4 is 40.6 Å². The van der Waals surface area contributed by atoms with Gasteiger partial charge < -0.3 is 26.3 Å². The fourth-order valence-electron chi connectivity index (χ4n) is 3.52. The summed E-state index contributed by atoms with van der Waals surface area (Å²) in [7, 11) is 3.03. The summed E-state index contributed by atoms with van der Waals surface area (Å²) in [6, 6.07) is 12.4. The standard InChI is InChI=1S/C25H29N5O5S/c1-25(2,3)28-23(32)20(14-9-11-16(34-4)12-10-14)30(15-7-6-8-17(13-15)35-5)24(33)21-18(26)19(22(27)31)29-36-21/h6-13,20H,26H2,1-5H3,(H2,27,31)(H,28,32)/t20-/m0/s1. The molecule has 0 saturated heterocycles. The van der Waals surface area contributed by atoms with Crippen molar-refractivity contribution in [2.75, 3.05) is 24.9 Å². The van der Waals surface area contributed by atoms with E-state index in [-0.39, 0.29) is 16.3 Å². The molecule has 190 valence electrons. The zero-order valence-electron chi connectivity index (χ0n) is 20.7. The van der Waals surface area contributed by atoms with Gasteiger partial charge in [0.2, 0.25) is 5.91 Å². The number of nitrogen functional groups attached to an aromatic ring is 1. The number of nitrogens with one attached hydrogen (secondary N) is 1. The van der Waals surface area contributed by atoms with E-state index >= 15 is 0 Å². The van der Waals surface area contributed by atoms with Crippen molar-refractivity contribution in [1.29, 1.82) is 0 Å². The Hall–Kier alpha value is -4.12. The summed E-state index contributed by atoms with van der Waals surface area (Å²) in [6.45, 7) is 5.52. The van der Waals surface area contributed by atoms with Crippen molar-refractivity contribution in [2.24, 2.45) is 5.73 Å². The number of hydrogen-bond acceptors (Lipinski definition) is 8. The Balaban J connectivity index is 2.25. The van der Waals surface area contributed by atoms with Crippen LogP contribution in [0.4, 0.5) is 11.4 Å². The highest BCUT2D eigenvalue weighted by molar-refractivity contribution is 7.09. The number of hydrogen-bond donors (Lipinski definition) is 3. The maximum Gasteiger partial charge on any atom is 0.273 e. The lowest BCUT2D eigenvalue weighted by molar-refractivity contribution is -0.123. The minimum atomic E-state index is -1.12. The molecule has 5 N–H and O–H groups in total. The second kappa shape index (κ2) is 10.6. The number of nitrogens with zero attached hydrogens (tertiary/aromatic N) is 2. The normalized spacial score (nSPS) is 11.9. The van der Waals surface area contributed by atoms with Crippen LogP contribution in [0, 0.1) is 0 Å². The lowest BCUT2D eigenvalue weighted by atomic mass is 10.00. The highest BCUT2D eigenvalue weighted by Gasteiger charge is 2.37. The van der Waals surface area contributed by atoms with E-state index in [2.05, 4.69) is 9.69 Å². The van der Waals surface area contributed by atoms with Gasteiger partial charge in [-0.15, -0.1) is 0 Å². The first-order valence-corrected chi connectivity index (χ1v) is 11.7. The van der Waals surface area contributed by atoms with Gasteiger partial charge in [0.25, 0.3) is 11.8 Å². The SMILES string of the molecule is COc1ccc([C@@H](C(=O)NC(C)(C)C)N(C(=O)c2snc(C(N)=O)c2N)c2cccc(OC)c2)cc1. The number of ether oxygens (including phenoxy) is 2. The van der Waals surface area contributed by atoms with Crippen molar-refractivity contribution in [3.63, 3.8) is 0 Å². The third-order valence-corrected chi connectivity index (χ3v) is 5.99. The zero-order valence-corrected chi connectivity index (χ0v) is 21.5. The largest absolute Gasteiger partial charge is 0.497 e. The molecule has 2 aromatic carbocycles. The summed E-state index contributed by atoms with van der Waals surface area (Å²) in [5, 5.41) is 2.96. The Kier molecular flexibility index (Phi) is 7.83. The fraction of sp³-hybridized carbons (Fsp3) is 0.280. The molecule has 3 rings (SSSR count). The van der Waals surface area contributed by atoms with E-state index in [1.165, 1.54) is 19.1 Å². The monoisotopic (exact) mass is 511 g/mol. The Bertz CT molecular complexity index is 1270. The molecule has 0 radical (unpaired) electrons. The molecule has 0 fully saturated rings. The number of amides is 3. The molecule has 3 aromatic rings. The molecule has 1 heterocycles. The first-order chi connectivity index (χ1) is 17.0. The quantitative estimate of drug-likeness (QED) is 0.420. The minimum absolute atomic E-state index is 0.0197. The van der Waals surface area contributed by atoms with Crippen molar-refractivity contribution in [2.45, 2.75) is 32.4 Å². The molecular formula is C25H29N5O5S. The molecule has 0 aliphatic heterocycles. The summed E-state index contributed by atoms with van der Waals surface area (Å²) < 4.78 is 14.6. The molecule has 1 atom stereocenters. The third-order valence-electron chi connectivity index (χ3n) is 5.14. The van der Waals surface area contributed by atoms with Crippen molar-refractivity contribution in [1.82, 2.24) is 9.69 Å². The Morgan fingerprint density at radius 1 is 1.03 bits per heavy atom. The second-order valence-electron chi connectivity index (χ2n) is 8.93. The van der Waals surface area contributed by atoms with Crippen LogP contribution in [-0.4, -0.2) is 41.9 Å². The summed E-state index contributed by atoms with van der Waals surface area (Å²) in [5.74, 6) is -0.846. The number of carbonyl (C=O) groups excluding carboxylic acids is 3. The summed E-state index contributed by atoms with van der Waals surface area (Å²) >= 11 is 0.739. The maximum absolute atomic E-state index is 14.0. The highest BCUT2D eigenvalue weighted by atomic mass is 32.1. The lowest BCUT2D eigenvalue weighted by Crippen LogP contribution is -2.49. The van der Waals surface area contributed by atoms with Gasteiger partial charge in [-0.3, -0.25) is 19.3 Å². The molecule has 0 aliphatic rings. The van der Waals surface area contributed by atoms with Gasteiger partial charge in [-0.2, -0.15) is 4.37 Å². The summed E-state index contributed by atoms with van der Waals surface area (Å²) in [5.41, 5.74) is 11.4. The van der Waals surface area contributed by atoms with E-state index < -0.39 is 29.3 Å². The van der Waals surface area contributed by atoms with Gasteiger partial charge in [0.1, 0.15) is 22.4 Å². The van der Waals surface area contributed by atoms with Crippen LogP contribution in [0.15, 0.2) is 48.5 Å². The minimum Gasteiger partial charge on any atom is -0.497 e. The second-order valence-corrected chi connectivity index (χ2v) is 9.70. The topological polar surface area (TPSA) is 150 Å². The van der Waals surface area contributed by atoms with Crippen LogP contribution < -0.4 is 31.2 Å². The number of benzene rings is 2. The molecule has 3 amide bonds. The number of primary amides is 1. The van der Waals surface area contributed by atoms with Crippen molar-refractivity contribution in [3.8, 4) is 11.5 Å². The van der Waals surface area contributed by atoms with E-state index in [0.29, 0.717) is 22.7 Å². The van der Waals surface area contributed by atoms with Crippen LogP contribution >= 0.6 is 11.5 Å². The summed E-state index contributed by atoms with van der Waals surface area (Å²) in [6.07, 6.45) is 0. The van der Waals surface area contributed by atoms with E-state index in [9.17, 15) is 14.4 Å². The predicted octanol–water partition coefficient (Wildman–Crippen LogP) is 3.14. The van der Waals surface area contributed by atoms with Gasteiger partial charge in [-0.1, -0.05) is 18.2 Å². The van der Waals surface area contributed by atoms with Crippen LogP contribution in [0.25, 0.3) is 0 Å².